The summed E-state index contributed by atoms with van der Waals surface area (Å²) in [6, 6.07) is 0. The third kappa shape index (κ3) is 1.31. The lowest BCUT2D eigenvalue weighted by Crippen LogP contribution is -2.28. The summed E-state index contributed by atoms with van der Waals surface area (Å²) in [6.07, 6.45) is 6.40. The third-order valence-electron chi connectivity index (χ3n) is 4.57. The van der Waals surface area contributed by atoms with Crippen molar-refractivity contribution in [2.75, 3.05) is 13.1 Å². The van der Waals surface area contributed by atoms with Crippen LogP contribution in [0.1, 0.15) is 32.1 Å². The number of carbonyl (C=O) groups is 1. The maximum Gasteiger partial charge on any atom is 0.140 e. The van der Waals surface area contributed by atoms with E-state index in [-0.39, 0.29) is 0 Å². The second kappa shape index (κ2) is 3.34. The van der Waals surface area contributed by atoms with Crippen LogP contribution in [0.15, 0.2) is 0 Å². The molecule has 2 saturated carbocycles. The summed E-state index contributed by atoms with van der Waals surface area (Å²) in [7, 11) is 0. The standard InChI is InChI=1S/C12H19NO/c14-12(10-3-4-13-7-10)11-6-8-1-2-9(11)5-8/h8-11,13H,1-7H2/t8?,9?,10-,11?/m1/s1. The lowest BCUT2D eigenvalue weighted by Gasteiger charge is -2.22. The van der Waals surface area contributed by atoms with Crippen LogP contribution in [-0.2, 0) is 4.79 Å². The highest BCUT2D eigenvalue weighted by molar-refractivity contribution is 5.84. The van der Waals surface area contributed by atoms with Crippen LogP contribution in [0.2, 0.25) is 0 Å². The molecule has 1 N–H and O–H groups in total. The second-order valence-corrected chi connectivity index (χ2v) is 5.37. The van der Waals surface area contributed by atoms with Gasteiger partial charge in [0.15, 0.2) is 0 Å². The highest BCUT2D eigenvalue weighted by atomic mass is 16.1. The number of hydrogen-bond donors (Lipinski definition) is 1. The Kier molecular flexibility index (Phi) is 2.12. The molecule has 3 aliphatic rings. The fraction of sp³-hybridized carbons (Fsp3) is 0.917. The van der Waals surface area contributed by atoms with Crippen LogP contribution in [0.3, 0.4) is 0 Å². The van der Waals surface area contributed by atoms with Gasteiger partial charge in [-0.05, 0) is 44.1 Å². The van der Waals surface area contributed by atoms with Gasteiger partial charge in [-0.3, -0.25) is 4.79 Å². The predicted molar refractivity (Wildman–Crippen MR) is 54.9 cm³/mol. The number of carbonyl (C=O) groups excluding carboxylic acids is 1. The summed E-state index contributed by atoms with van der Waals surface area (Å²) in [5, 5.41) is 3.30. The summed E-state index contributed by atoms with van der Waals surface area (Å²) < 4.78 is 0. The molecule has 3 fully saturated rings. The van der Waals surface area contributed by atoms with Crippen LogP contribution >= 0.6 is 0 Å². The van der Waals surface area contributed by atoms with Gasteiger partial charge < -0.3 is 5.32 Å². The molecule has 78 valence electrons. The van der Waals surface area contributed by atoms with Crippen molar-refractivity contribution in [1.29, 1.82) is 0 Å². The summed E-state index contributed by atoms with van der Waals surface area (Å²) >= 11 is 0. The number of fused-ring (bicyclic) bond motifs is 2. The van der Waals surface area contributed by atoms with E-state index in [1.54, 1.807) is 0 Å². The van der Waals surface area contributed by atoms with Gasteiger partial charge in [-0.2, -0.15) is 0 Å². The van der Waals surface area contributed by atoms with Crippen molar-refractivity contribution in [3.8, 4) is 0 Å². The third-order valence-corrected chi connectivity index (χ3v) is 4.57. The monoisotopic (exact) mass is 193 g/mol. The Labute approximate surface area is 85.4 Å². The molecule has 14 heavy (non-hydrogen) atoms. The molecule has 0 amide bonds. The topological polar surface area (TPSA) is 29.1 Å². The molecule has 0 aromatic rings. The first-order valence-electron chi connectivity index (χ1n) is 6.09. The maximum absolute atomic E-state index is 12.2. The summed E-state index contributed by atoms with van der Waals surface area (Å²) in [4.78, 5) is 12.2. The van der Waals surface area contributed by atoms with Crippen LogP contribution in [0.5, 0.6) is 0 Å². The molecule has 3 rings (SSSR count). The zero-order valence-corrected chi connectivity index (χ0v) is 8.67. The first-order chi connectivity index (χ1) is 6.84. The molecule has 2 aliphatic carbocycles. The minimum atomic E-state index is 0.361. The zero-order chi connectivity index (χ0) is 9.54. The Morgan fingerprint density at radius 1 is 1.14 bits per heavy atom. The van der Waals surface area contributed by atoms with Gasteiger partial charge in [-0.25, -0.2) is 0 Å². The molecule has 1 heterocycles. The molecule has 1 aliphatic heterocycles. The van der Waals surface area contributed by atoms with E-state index in [4.69, 9.17) is 0 Å². The van der Waals surface area contributed by atoms with Gasteiger partial charge in [0.25, 0.3) is 0 Å². The molecule has 1 saturated heterocycles. The van der Waals surface area contributed by atoms with E-state index in [2.05, 4.69) is 5.32 Å². The van der Waals surface area contributed by atoms with Crippen LogP contribution in [0.25, 0.3) is 0 Å². The highest BCUT2D eigenvalue weighted by Gasteiger charge is 2.44. The quantitative estimate of drug-likeness (QED) is 0.721. The van der Waals surface area contributed by atoms with Crippen molar-refractivity contribution in [1.82, 2.24) is 5.32 Å². The van der Waals surface area contributed by atoms with Crippen molar-refractivity contribution >= 4 is 5.78 Å². The van der Waals surface area contributed by atoms with Gasteiger partial charge in [0.05, 0.1) is 0 Å². The van der Waals surface area contributed by atoms with Crippen molar-refractivity contribution in [2.45, 2.75) is 32.1 Å². The molecule has 4 atom stereocenters. The van der Waals surface area contributed by atoms with Gasteiger partial charge in [0.2, 0.25) is 0 Å². The largest absolute Gasteiger partial charge is 0.316 e. The van der Waals surface area contributed by atoms with Crippen LogP contribution in [0, 0.1) is 23.7 Å². The molecule has 3 unspecified atom stereocenters. The zero-order valence-electron chi connectivity index (χ0n) is 8.67. The molecule has 2 nitrogen and oxygen atoms in total. The highest BCUT2D eigenvalue weighted by Crippen LogP contribution is 2.49. The van der Waals surface area contributed by atoms with Gasteiger partial charge in [-0.1, -0.05) is 6.42 Å². The normalized spacial score (nSPS) is 46.0. The first-order valence-corrected chi connectivity index (χ1v) is 6.09. The number of nitrogens with one attached hydrogen (secondary N) is 1. The molecule has 2 bridgehead atoms. The fourth-order valence-corrected chi connectivity index (χ4v) is 3.79. The van der Waals surface area contributed by atoms with Crippen molar-refractivity contribution in [3.63, 3.8) is 0 Å². The summed E-state index contributed by atoms with van der Waals surface area (Å²) in [6.45, 7) is 2.00. The summed E-state index contributed by atoms with van der Waals surface area (Å²) in [5.41, 5.74) is 0. The number of hydrogen-bond acceptors (Lipinski definition) is 2. The van der Waals surface area contributed by atoms with Crippen LogP contribution < -0.4 is 5.32 Å². The Bertz CT molecular complexity index is 245. The average molecular weight is 193 g/mol. The molecule has 0 radical (unpaired) electrons. The number of Topliss-reactive ketones (excluding diaryl/α,β-unsaturated/α-hetero) is 1. The fourth-order valence-electron chi connectivity index (χ4n) is 3.79. The first kappa shape index (κ1) is 8.90. The SMILES string of the molecule is O=C(C1CC2CCC1C2)[C@@H]1CCNC1. The van der Waals surface area contributed by atoms with Gasteiger partial charge >= 0.3 is 0 Å². The predicted octanol–water partition coefficient (Wildman–Crippen LogP) is 1.60. The molecule has 0 aromatic carbocycles. The smallest absolute Gasteiger partial charge is 0.140 e. The molecule has 0 aromatic heterocycles. The van der Waals surface area contributed by atoms with Crippen LogP contribution in [0.4, 0.5) is 0 Å². The van der Waals surface area contributed by atoms with Crippen molar-refractivity contribution in [3.05, 3.63) is 0 Å². The van der Waals surface area contributed by atoms with E-state index >= 15 is 0 Å². The lowest BCUT2D eigenvalue weighted by atomic mass is 9.81. The minimum Gasteiger partial charge on any atom is -0.316 e. The molecular weight excluding hydrogens is 174 g/mol. The van der Waals surface area contributed by atoms with E-state index in [0.29, 0.717) is 17.6 Å². The van der Waals surface area contributed by atoms with Gasteiger partial charge in [-0.15, -0.1) is 0 Å². The molecule has 0 spiro atoms. The van der Waals surface area contributed by atoms with E-state index in [9.17, 15) is 4.79 Å². The second-order valence-electron chi connectivity index (χ2n) is 5.37. The van der Waals surface area contributed by atoms with E-state index in [1.165, 1.54) is 25.7 Å². The van der Waals surface area contributed by atoms with Gasteiger partial charge in [0, 0.05) is 18.4 Å². The minimum absolute atomic E-state index is 0.361. The van der Waals surface area contributed by atoms with E-state index < -0.39 is 0 Å². The molecular formula is C12H19NO. The van der Waals surface area contributed by atoms with Crippen LogP contribution in [-0.4, -0.2) is 18.9 Å². The number of rotatable bonds is 2. The van der Waals surface area contributed by atoms with Gasteiger partial charge in [0.1, 0.15) is 5.78 Å². The van der Waals surface area contributed by atoms with E-state index in [1.807, 2.05) is 0 Å². The Hall–Kier alpha value is -0.370. The Morgan fingerprint density at radius 2 is 2.07 bits per heavy atom. The Balaban J connectivity index is 1.67. The van der Waals surface area contributed by atoms with Crippen molar-refractivity contribution < 1.29 is 4.79 Å². The average Bonchev–Trinajstić information content (AvgIpc) is 2.93. The lowest BCUT2D eigenvalue weighted by molar-refractivity contribution is -0.127. The maximum atomic E-state index is 12.2. The molecule has 2 heteroatoms. The Morgan fingerprint density at radius 3 is 2.64 bits per heavy atom. The van der Waals surface area contributed by atoms with Crippen molar-refractivity contribution in [2.24, 2.45) is 23.7 Å². The van der Waals surface area contributed by atoms with E-state index in [0.717, 1.165) is 31.3 Å². The number of ketones is 1. The summed E-state index contributed by atoms with van der Waals surface area (Å²) in [5.74, 6) is 3.09.